The normalized spacial score (nSPS) is 11.3. The molecular weight excluding hydrogens is 496 g/mol. The van der Waals surface area contributed by atoms with Gasteiger partial charge in [0.05, 0.1) is 0 Å². The molecule has 0 aromatic carbocycles. The van der Waals surface area contributed by atoms with E-state index in [1.165, 1.54) is 128 Å². The quantitative estimate of drug-likeness (QED) is 0.0723. The van der Waals surface area contributed by atoms with Gasteiger partial charge >= 0.3 is 0 Å². The molecular formula is C34H70N4O2. The lowest BCUT2D eigenvalue weighted by molar-refractivity contribution is -0.121. The molecule has 0 rings (SSSR count). The first kappa shape index (κ1) is 38.9. The smallest absolute Gasteiger partial charge is 0.221 e. The lowest BCUT2D eigenvalue weighted by Gasteiger charge is -2.21. The highest BCUT2D eigenvalue weighted by Crippen LogP contribution is 2.12. The molecule has 6 heteroatoms. The number of hydrogen-bond donors (Lipinski definition) is 3. The molecule has 0 unspecified atom stereocenters. The van der Waals surface area contributed by atoms with E-state index in [2.05, 4.69) is 29.4 Å². The van der Waals surface area contributed by atoms with Crippen LogP contribution in [0.2, 0.25) is 0 Å². The van der Waals surface area contributed by atoms with Crippen molar-refractivity contribution in [3.8, 4) is 0 Å². The van der Waals surface area contributed by atoms with Gasteiger partial charge in [-0.2, -0.15) is 0 Å². The van der Waals surface area contributed by atoms with Crippen molar-refractivity contribution in [2.45, 2.75) is 168 Å². The number of rotatable bonds is 32. The number of carbonyl (C=O) groups is 2. The van der Waals surface area contributed by atoms with Gasteiger partial charge in [-0.25, -0.2) is 0 Å². The fraction of sp³-hybridized carbons (Fsp3) is 0.941. The Morgan fingerprint density at radius 2 is 0.775 bits per heavy atom. The molecule has 0 radical (unpaired) electrons. The highest BCUT2D eigenvalue weighted by atomic mass is 16.2. The fourth-order valence-corrected chi connectivity index (χ4v) is 5.25. The lowest BCUT2D eigenvalue weighted by Crippen LogP contribution is -2.37. The predicted octanol–water partition coefficient (Wildman–Crippen LogP) is 7.88. The first-order chi connectivity index (χ1) is 19.6. The first-order valence-corrected chi connectivity index (χ1v) is 17.6. The van der Waals surface area contributed by atoms with Crippen LogP contribution in [0.5, 0.6) is 0 Å². The Morgan fingerprint density at radius 3 is 1.07 bits per heavy atom. The molecule has 0 saturated carbocycles. The Hall–Kier alpha value is -1.14. The molecule has 0 atom stereocenters. The summed E-state index contributed by atoms with van der Waals surface area (Å²) >= 11 is 0. The van der Waals surface area contributed by atoms with Crippen molar-refractivity contribution in [1.29, 1.82) is 0 Å². The van der Waals surface area contributed by atoms with Gasteiger partial charge in [-0.05, 0) is 12.8 Å². The second-order valence-corrected chi connectivity index (χ2v) is 11.9. The standard InChI is InChI=1S/C34H70N4O2/c1-3-5-7-9-11-13-15-17-19-21-23-28-36-33(39)25-30-38(32-27-35)31-26-34(40)37-29-24-22-20-18-16-14-12-10-8-6-4-2/h3-32,35H2,1-2H3,(H,36,39)(H,37,40). The highest BCUT2D eigenvalue weighted by Gasteiger charge is 2.10. The van der Waals surface area contributed by atoms with Crippen LogP contribution < -0.4 is 16.4 Å². The molecule has 0 aromatic rings. The summed E-state index contributed by atoms with van der Waals surface area (Å²) in [4.78, 5) is 26.7. The molecule has 0 aliphatic rings. The second kappa shape index (κ2) is 32.4. The van der Waals surface area contributed by atoms with Crippen LogP contribution >= 0.6 is 0 Å². The molecule has 0 aromatic heterocycles. The van der Waals surface area contributed by atoms with Gasteiger partial charge in [0.1, 0.15) is 0 Å². The van der Waals surface area contributed by atoms with Crippen LogP contribution in [0.1, 0.15) is 168 Å². The molecule has 238 valence electrons. The van der Waals surface area contributed by atoms with Crippen molar-refractivity contribution >= 4 is 11.8 Å². The van der Waals surface area contributed by atoms with Crippen molar-refractivity contribution in [2.75, 3.05) is 39.3 Å². The van der Waals surface area contributed by atoms with Crippen molar-refractivity contribution in [3.63, 3.8) is 0 Å². The summed E-state index contributed by atoms with van der Waals surface area (Å²) < 4.78 is 0. The third-order valence-electron chi connectivity index (χ3n) is 7.96. The van der Waals surface area contributed by atoms with E-state index in [-0.39, 0.29) is 11.8 Å². The molecule has 2 amide bonds. The Kier molecular flexibility index (Phi) is 31.5. The van der Waals surface area contributed by atoms with E-state index in [1.54, 1.807) is 0 Å². The predicted molar refractivity (Wildman–Crippen MR) is 174 cm³/mol. The number of hydrogen-bond acceptors (Lipinski definition) is 4. The summed E-state index contributed by atoms with van der Waals surface area (Å²) in [7, 11) is 0. The average Bonchev–Trinajstić information content (AvgIpc) is 2.95. The molecule has 0 saturated heterocycles. The van der Waals surface area contributed by atoms with Crippen LogP contribution in [0.15, 0.2) is 0 Å². The molecule has 0 bridgehead atoms. The summed E-state index contributed by atoms with van der Waals surface area (Å²) in [5.74, 6) is 0.213. The maximum Gasteiger partial charge on any atom is 0.221 e. The molecule has 6 nitrogen and oxygen atoms in total. The van der Waals surface area contributed by atoms with Crippen LogP contribution in [-0.4, -0.2) is 56.0 Å². The monoisotopic (exact) mass is 567 g/mol. The third-order valence-corrected chi connectivity index (χ3v) is 7.96. The van der Waals surface area contributed by atoms with Crippen molar-refractivity contribution in [3.05, 3.63) is 0 Å². The number of nitrogens with two attached hydrogens (primary N) is 1. The topological polar surface area (TPSA) is 87.5 Å². The minimum Gasteiger partial charge on any atom is -0.356 e. The van der Waals surface area contributed by atoms with Crippen molar-refractivity contribution in [1.82, 2.24) is 15.5 Å². The van der Waals surface area contributed by atoms with E-state index in [0.717, 1.165) is 32.5 Å². The molecule has 0 heterocycles. The minimum atomic E-state index is 0.107. The van der Waals surface area contributed by atoms with Crippen LogP contribution in [0.25, 0.3) is 0 Å². The van der Waals surface area contributed by atoms with E-state index in [1.807, 2.05) is 0 Å². The molecule has 0 spiro atoms. The van der Waals surface area contributed by atoms with Gasteiger partial charge in [0.2, 0.25) is 11.8 Å². The number of nitrogens with zero attached hydrogens (tertiary/aromatic N) is 1. The maximum absolute atomic E-state index is 12.3. The Morgan fingerprint density at radius 1 is 0.475 bits per heavy atom. The van der Waals surface area contributed by atoms with E-state index in [4.69, 9.17) is 5.73 Å². The van der Waals surface area contributed by atoms with Crippen molar-refractivity contribution < 1.29 is 9.59 Å². The summed E-state index contributed by atoms with van der Waals surface area (Å²) in [5, 5.41) is 6.13. The maximum atomic E-state index is 12.3. The van der Waals surface area contributed by atoms with Crippen molar-refractivity contribution in [2.24, 2.45) is 5.73 Å². The molecule has 40 heavy (non-hydrogen) atoms. The summed E-state index contributed by atoms with van der Waals surface area (Å²) in [6, 6.07) is 0. The molecule has 0 aliphatic heterocycles. The Bertz CT molecular complexity index is 500. The van der Waals surface area contributed by atoms with Gasteiger partial charge in [-0.1, -0.05) is 142 Å². The van der Waals surface area contributed by atoms with Gasteiger partial charge in [-0.3, -0.25) is 9.59 Å². The third kappa shape index (κ3) is 29.8. The summed E-state index contributed by atoms with van der Waals surface area (Å²) in [6.07, 6.45) is 29.9. The van der Waals surface area contributed by atoms with Crippen LogP contribution in [-0.2, 0) is 9.59 Å². The number of carbonyl (C=O) groups excluding carboxylic acids is 2. The second-order valence-electron chi connectivity index (χ2n) is 11.9. The van der Waals surface area contributed by atoms with Gasteiger partial charge in [-0.15, -0.1) is 0 Å². The zero-order valence-corrected chi connectivity index (χ0v) is 27.1. The van der Waals surface area contributed by atoms with Crippen LogP contribution in [0, 0.1) is 0 Å². The number of nitrogens with one attached hydrogen (secondary N) is 2. The van der Waals surface area contributed by atoms with Gasteiger partial charge in [0.15, 0.2) is 0 Å². The average molecular weight is 567 g/mol. The van der Waals surface area contributed by atoms with Crippen LogP contribution in [0.4, 0.5) is 0 Å². The summed E-state index contributed by atoms with van der Waals surface area (Å²) in [6.45, 7) is 8.66. The lowest BCUT2D eigenvalue weighted by atomic mass is 10.1. The Labute approximate surface area is 249 Å². The van der Waals surface area contributed by atoms with E-state index < -0.39 is 0 Å². The Balaban J connectivity index is 3.64. The van der Waals surface area contributed by atoms with Gasteiger partial charge in [0.25, 0.3) is 0 Å². The van der Waals surface area contributed by atoms with Crippen LogP contribution in [0.3, 0.4) is 0 Å². The fourth-order valence-electron chi connectivity index (χ4n) is 5.25. The zero-order chi connectivity index (χ0) is 29.4. The minimum absolute atomic E-state index is 0.107. The van der Waals surface area contributed by atoms with E-state index in [0.29, 0.717) is 32.5 Å². The number of unbranched alkanes of at least 4 members (excludes halogenated alkanes) is 20. The number of amides is 2. The first-order valence-electron chi connectivity index (χ1n) is 17.6. The van der Waals surface area contributed by atoms with Gasteiger partial charge < -0.3 is 21.3 Å². The summed E-state index contributed by atoms with van der Waals surface area (Å²) in [5.41, 5.74) is 5.77. The van der Waals surface area contributed by atoms with E-state index >= 15 is 0 Å². The molecule has 0 fully saturated rings. The zero-order valence-electron chi connectivity index (χ0n) is 27.1. The molecule has 4 N–H and O–H groups in total. The van der Waals surface area contributed by atoms with E-state index in [9.17, 15) is 9.59 Å². The van der Waals surface area contributed by atoms with Gasteiger partial charge in [0, 0.05) is 52.1 Å². The largest absolute Gasteiger partial charge is 0.356 e. The SMILES string of the molecule is CCCCCCCCCCCCCNC(=O)CCN(CCN)CCC(=O)NCCCCCCCCCCCCC. The molecule has 0 aliphatic carbocycles. The highest BCUT2D eigenvalue weighted by molar-refractivity contribution is 5.76.